The van der Waals surface area contributed by atoms with E-state index in [4.69, 9.17) is 13.3 Å². The molecular weight excluding hydrogens is 303 g/mol. The van der Waals surface area contributed by atoms with Crippen LogP contribution in [0, 0.1) is 0 Å². The molecule has 2 rings (SSSR count). The molecule has 0 amide bonds. The van der Waals surface area contributed by atoms with Crippen LogP contribution in [0.2, 0.25) is 0 Å². The molecule has 0 fully saturated rings. The molecule has 0 saturated heterocycles. The van der Waals surface area contributed by atoms with Gasteiger partial charge in [-0.15, -0.1) is 0 Å². The minimum Gasteiger partial charge on any atom is -0.750 e. The molecule has 1 atom stereocenters. The van der Waals surface area contributed by atoms with Crippen LogP contribution in [0.15, 0.2) is 48.5 Å². The Morgan fingerprint density at radius 3 is 1.70 bits per heavy atom. The monoisotopic (exact) mass is 318 g/mol. The van der Waals surface area contributed by atoms with E-state index in [-0.39, 0.29) is 51.4 Å². The van der Waals surface area contributed by atoms with Crippen LogP contribution in [0.3, 0.4) is 0 Å². The minimum atomic E-state index is -2.86. The quantitative estimate of drug-likeness (QED) is 0.602. The fourth-order valence-electron chi connectivity index (χ4n) is 1.59. The van der Waals surface area contributed by atoms with Crippen LogP contribution in [-0.2, 0) is 17.8 Å². The van der Waals surface area contributed by atoms with Gasteiger partial charge in [0.1, 0.15) is 5.75 Å². The summed E-state index contributed by atoms with van der Waals surface area (Å²) in [5.41, 5.74) is 3.67. The smallest absolute Gasteiger partial charge is 0.750 e. The van der Waals surface area contributed by atoms with Crippen LogP contribution in [0.25, 0.3) is 11.1 Å². The SMILES string of the molecule is CCc1ccc(-c2ccc(O)cc2)cc1.O=S([O-])O.[K+]. The maximum absolute atomic E-state index is 9.19. The summed E-state index contributed by atoms with van der Waals surface area (Å²) in [5, 5.41) is 9.19. The van der Waals surface area contributed by atoms with E-state index in [1.807, 2.05) is 12.1 Å². The van der Waals surface area contributed by atoms with Crippen LogP contribution >= 0.6 is 0 Å². The molecular formula is C14H15KO4S. The Labute approximate surface area is 163 Å². The van der Waals surface area contributed by atoms with Crippen molar-refractivity contribution in [2.24, 2.45) is 0 Å². The van der Waals surface area contributed by atoms with Gasteiger partial charge in [0.2, 0.25) is 0 Å². The summed E-state index contributed by atoms with van der Waals surface area (Å²) in [6, 6.07) is 15.8. The van der Waals surface area contributed by atoms with Crippen LogP contribution in [0.5, 0.6) is 5.75 Å². The number of hydrogen-bond donors (Lipinski definition) is 2. The molecule has 102 valence electrons. The van der Waals surface area contributed by atoms with Crippen molar-refractivity contribution >= 4 is 11.4 Å². The Hall–Kier alpha value is -0.0536. The van der Waals surface area contributed by atoms with E-state index in [0.29, 0.717) is 5.75 Å². The predicted octanol–water partition coefficient (Wildman–Crippen LogP) is -0.0359. The first-order valence-corrected chi connectivity index (χ1v) is 6.72. The largest absolute Gasteiger partial charge is 1.00 e. The summed E-state index contributed by atoms with van der Waals surface area (Å²) in [7, 11) is 0. The van der Waals surface area contributed by atoms with Crippen LogP contribution in [0.4, 0.5) is 0 Å². The fourth-order valence-corrected chi connectivity index (χ4v) is 1.59. The molecule has 2 N–H and O–H groups in total. The van der Waals surface area contributed by atoms with E-state index in [1.165, 1.54) is 11.1 Å². The summed E-state index contributed by atoms with van der Waals surface area (Å²) in [4.78, 5) is 0. The first-order valence-electron chi connectivity index (χ1n) is 5.69. The van der Waals surface area contributed by atoms with E-state index in [9.17, 15) is 5.11 Å². The van der Waals surface area contributed by atoms with Crippen LogP contribution in [-0.4, -0.2) is 18.4 Å². The van der Waals surface area contributed by atoms with Crippen molar-refractivity contribution in [3.05, 3.63) is 54.1 Å². The van der Waals surface area contributed by atoms with Crippen molar-refractivity contribution in [2.75, 3.05) is 0 Å². The summed E-state index contributed by atoms with van der Waals surface area (Å²) in [6.45, 7) is 2.15. The third-order valence-electron chi connectivity index (χ3n) is 2.56. The molecule has 0 heterocycles. The number of phenolic OH excluding ortho intramolecular Hbond substituents is 1. The molecule has 0 spiro atoms. The zero-order valence-corrected chi connectivity index (χ0v) is 15.4. The maximum Gasteiger partial charge on any atom is 1.00 e. The number of rotatable bonds is 2. The number of benzene rings is 2. The van der Waals surface area contributed by atoms with Gasteiger partial charge in [0.15, 0.2) is 0 Å². The van der Waals surface area contributed by atoms with E-state index in [2.05, 4.69) is 31.2 Å². The van der Waals surface area contributed by atoms with Crippen molar-refractivity contribution in [1.29, 1.82) is 0 Å². The average Bonchev–Trinajstić information content (AvgIpc) is 2.39. The Bertz CT molecular complexity index is 522. The Kier molecular flexibility index (Phi) is 10.6. The Balaban J connectivity index is 0.000000644. The van der Waals surface area contributed by atoms with Crippen LogP contribution in [0.1, 0.15) is 12.5 Å². The van der Waals surface area contributed by atoms with Crippen molar-refractivity contribution in [3.63, 3.8) is 0 Å². The van der Waals surface area contributed by atoms with Crippen molar-refractivity contribution < 1.29 is 69.8 Å². The zero-order valence-electron chi connectivity index (χ0n) is 11.4. The second-order valence-corrected chi connectivity index (χ2v) is 4.25. The summed E-state index contributed by atoms with van der Waals surface area (Å²) in [5.74, 6) is 0.309. The normalized spacial score (nSPS) is 10.8. The first kappa shape index (κ1) is 19.9. The molecule has 0 aliphatic carbocycles. The third-order valence-corrected chi connectivity index (χ3v) is 2.56. The molecule has 0 aliphatic heterocycles. The van der Waals surface area contributed by atoms with Gasteiger partial charge in [-0.2, -0.15) is 0 Å². The third kappa shape index (κ3) is 7.66. The first-order chi connectivity index (χ1) is 9.02. The molecule has 6 heteroatoms. The molecule has 0 radical (unpaired) electrons. The molecule has 1 unspecified atom stereocenters. The topological polar surface area (TPSA) is 80.6 Å². The van der Waals surface area contributed by atoms with Gasteiger partial charge in [-0.25, -0.2) is 4.21 Å². The average molecular weight is 318 g/mol. The molecule has 0 bridgehead atoms. The van der Waals surface area contributed by atoms with E-state index in [1.54, 1.807) is 12.1 Å². The zero-order chi connectivity index (χ0) is 14.3. The molecule has 2 aromatic rings. The van der Waals surface area contributed by atoms with Gasteiger partial charge in [-0.1, -0.05) is 43.3 Å². The molecule has 2 aromatic carbocycles. The summed E-state index contributed by atoms with van der Waals surface area (Å²) < 4.78 is 24.1. The standard InChI is InChI=1S/C14H14O.K.H2O3S/c1-2-11-3-5-12(6-4-11)13-7-9-14(15)10-8-13;;1-4(2)3/h3-10,15H,2H2,1H3;;(H2,1,2,3)/q;+1;/p-1. The van der Waals surface area contributed by atoms with E-state index < -0.39 is 11.4 Å². The predicted molar refractivity (Wildman–Crippen MR) is 74.5 cm³/mol. The van der Waals surface area contributed by atoms with Gasteiger partial charge >= 0.3 is 51.4 Å². The van der Waals surface area contributed by atoms with Gasteiger partial charge in [0.25, 0.3) is 0 Å². The second-order valence-electron chi connectivity index (χ2n) is 3.81. The van der Waals surface area contributed by atoms with Gasteiger partial charge < -0.3 is 14.2 Å². The number of aromatic hydroxyl groups is 1. The summed E-state index contributed by atoms with van der Waals surface area (Å²) >= 11 is -2.86. The van der Waals surface area contributed by atoms with Crippen molar-refractivity contribution in [3.8, 4) is 16.9 Å². The maximum atomic E-state index is 9.19. The summed E-state index contributed by atoms with van der Waals surface area (Å²) in [6.07, 6.45) is 1.07. The number of phenols is 1. The van der Waals surface area contributed by atoms with E-state index in [0.717, 1.165) is 12.0 Å². The van der Waals surface area contributed by atoms with Gasteiger partial charge in [-0.05, 0) is 35.2 Å². The second kappa shape index (κ2) is 10.6. The van der Waals surface area contributed by atoms with Crippen molar-refractivity contribution in [1.82, 2.24) is 0 Å². The fraction of sp³-hybridized carbons (Fsp3) is 0.143. The molecule has 0 aromatic heterocycles. The van der Waals surface area contributed by atoms with Gasteiger partial charge in [0, 0.05) is 0 Å². The Morgan fingerprint density at radius 2 is 1.35 bits per heavy atom. The molecule has 20 heavy (non-hydrogen) atoms. The minimum absolute atomic E-state index is 0. The van der Waals surface area contributed by atoms with Crippen LogP contribution < -0.4 is 51.4 Å². The molecule has 0 saturated carbocycles. The van der Waals surface area contributed by atoms with E-state index >= 15 is 0 Å². The Morgan fingerprint density at radius 1 is 1.00 bits per heavy atom. The van der Waals surface area contributed by atoms with Crippen molar-refractivity contribution in [2.45, 2.75) is 13.3 Å². The number of hydrogen-bond acceptors (Lipinski definition) is 3. The molecule has 0 aliphatic rings. The molecule has 4 nitrogen and oxygen atoms in total. The number of aryl methyl sites for hydroxylation is 1. The van der Waals surface area contributed by atoms with Gasteiger partial charge in [-0.3, -0.25) is 0 Å². The van der Waals surface area contributed by atoms with Gasteiger partial charge in [0.05, 0.1) is 11.4 Å².